The highest BCUT2D eigenvalue weighted by molar-refractivity contribution is 5.79. The molecule has 27 heavy (non-hydrogen) atoms. The van der Waals surface area contributed by atoms with Crippen LogP contribution in [0.3, 0.4) is 0 Å². The summed E-state index contributed by atoms with van der Waals surface area (Å²) in [5.41, 5.74) is 2.92. The van der Waals surface area contributed by atoms with Gasteiger partial charge >= 0.3 is 0 Å². The zero-order chi connectivity index (χ0) is 19.1. The van der Waals surface area contributed by atoms with E-state index in [2.05, 4.69) is 63.7 Å². The molecule has 5 heteroatoms. The van der Waals surface area contributed by atoms with Crippen LogP contribution in [0.4, 0.5) is 0 Å². The summed E-state index contributed by atoms with van der Waals surface area (Å²) in [7, 11) is 4.12. The van der Waals surface area contributed by atoms with Gasteiger partial charge in [0.05, 0.1) is 0 Å². The number of piperidine rings is 2. The highest BCUT2D eigenvalue weighted by atomic mass is 15.3. The molecule has 2 aliphatic heterocycles. The minimum absolute atomic E-state index is 0.271. The number of nitrogens with one attached hydrogen (secondary N) is 2. The third kappa shape index (κ3) is 5.23. The Hall–Kier alpha value is -1.59. The maximum Gasteiger partial charge on any atom is 0.191 e. The molecule has 2 saturated heterocycles. The second-order valence-corrected chi connectivity index (χ2v) is 8.28. The fraction of sp³-hybridized carbons (Fsp3) is 0.682. The van der Waals surface area contributed by atoms with Crippen molar-refractivity contribution in [3.8, 4) is 0 Å². The Morgan fingerprint density at radius 1 is 1.04 bits per heavy atom. The molecule has 0 aliphatic carbocycles. The summed E-state index contributed by atoms with van der Waals surface area (Å²) in [5.74, 6) is 0.911. The molecule has 0 atom stereocenters. The number of guanidine groups is 1. The van der Waals surface area contributed by atoms with Crippen molar-refractivity contribution < 1.29 is 0 Å². The lowest BCUT2D eigenvalue weighted by molar-refractivity contribution is 0.0173. The molecule has 2 aliphatic rings. The lowest BCUT2D eigenvalue weighted by Crippen LogP contribution is -2.62. The maximum atomic E-state index is 4.47. The predicted octanol–water partition coefficient (Wildman–Crippen LogP) is 2.61. The van der Waals surface area contributed by atoms with Gasteiger partial charge in [-0.15, -0.1) is 0 Å². The minimum atomic E-state index is 0.271. The summed E-state index contributed by atoms with van der Waals surface area (Å²) in [6, 6.07) is 8.54. The van der Waals surface area contributed by atoms with Gasteiger partial charge in [0.15, 0.2) is 5.96 Å². The highest BCUT2D eigenvalue weighted by Crippen LogP contribution is 2.30. The summed E-state index contributed by atoms with van der Waals surface area (Å²) in [6.45, 7) is 8.83. The van der Waals surface area contributed by atoms with Crippen LogP contribution in [0.25, 0.3) is 0 Å². The van der Waals surface area contributed by atoms with Crippen LogP contribution in [0, 0.1) is 6.92 Å². The Labute approximate surface area is 165 Å². The normalized spacial score (nSPS) is 21.8. The van der Waals surface area contributed by atoms with Crippen molar-refractivity contribution in [3.05, 3.63) is 35.4 Å². The van der Waals surface area contributed by atoms with Crippen LogP contribution < -0.4 is 10.6 Å². The quantitative estimate of drug-likeness (QED) is 0.617. The molecule has 0 saturated carbocycles. The van der Waals surface area contributed by atoms with E-state index in [0.717, 1.165) is 19.0 Å². The molecule has 2 fully saturated rings. The highest BCUT2D eigenvalue weighted by Gasteiger charge is 2.39. The van der Waals surface area contributed by atoms with Crippen LogP contribution in [0.5, 0.6) is 0 Å². The van der Waals surface area contributed by atoms with E-state index in [-0.39, 0.29) is 5.54 Å². The Morgan fingerprint density at radius 2 is 1.74 bits per heavy atom. The maximum absolute atomic E-state index is 4.47. The van der Waals surface area contributed by atoms with Gasteiger partial charge in [0.25, 0.3) is 0 Å². The molecule has 150 valence electrons. The monoisotopic (exact) mass is 371 g/mol. The number of hydrogen-bond acceptors (Lipinski definition) is 3. The average Bonchev–Trinajstić information content (AvgIpc) is 2.71. The van der Waals surface area contributed by atoms with E-state index in [1.807, 2.05) is 7.05 Å². The van der Waals surface area contributed by atoms with Crippen molar-refractivity contribution in [1.82, 2.24) is 20.4 Å². The van der Waals surface area contributed by atoms with Crippen LogP contribution in [-0.2, 0) is 6.54 Å². The molecule has 2 heterocycles. The zero-order valence-electron chi connectivity index (χ0n) is 17.4. The Kier molecular flexibility index (Phi) is 7.13. The first-order valence-corrected chi connectivity index (χ1v) is 10.6. The molecule has 0 amide bonds. The van der Waals surface area contributed by atoms with E-state index in [4.69, 9.17) is 0 Å². The average molecular weight is 372 g/mol. The fourth-order valence-electron chi connectivity index (χ4n) is 4.46. The molecular formula is C22H37N5. The van der Waals surface area contributed by atoms with Crippen molar-refractivity contribution in [2.45, 2.75) is 51.1 Å². The van der Waals surface area contributed by atoms with Crippen LogP contribution in [-0.4, -0.2) is 68.1 Å². The SMILES string of the molecule is CN=C(NCc1ccccc1C)NCC1(N2CCCCC2)CCN(C)CC1. The number of benzene rings is 1. The summed E-state index contributed by atoms with van der Waals surface area (Å²) in [4.78, 5) is 9.71. The molecule has 1 aromatic carbocycles. The number of nitrogens with zero attached hydrogens (tertiary/aromatic N) is 3. The molecule has 3 rings (SSSR count). The van der Waals surface area contributed by atoms with Gasteiger partial charge < -0.3 is 15.5 Å². The van der Waals surface area contributed by atoms with E-state index < -0.39 is 0 Å². The topological polar surface area (TPSA) is 42.9 Å². The molecule has 1 aromatic rings. The molecule has 0 spiro atoms. The van der Waals surface area contributed by atoms with Crippen LogP contribution in [0.15, 0.2) is 29.3 Å². The Balaban J connectivity index is 1.60. The molecule has 0 bridgehead atoms. The van der Waals surface area contributed by atoms with Gasteiger partial charge in [-0.1, -0.05) is 30.7 Å². The van der Waals surface area contributed by atoms with Gasteiger partial charge in [0, 0.05) is 25.7 Å². The lowest BCUT2D eigenvalue weighted by Gasteiger charge is -2.50. The zero-order valence-corrected chi connectivity index (χ0v) is 17.4. The fourth-order valence-corrected chi connectivity index (χ4v) is 4.46. The van der Waals surface area contributed by atoms with Crippen molar-refractivity contribution in [2.24, 2.45) is 4.99 Å². The molecular weight excluding hydrogens is 334 g/mol. The Morgan fingerprint density at radius 3 is 2.41 bits per heavy atom. The van der Waals surface area contributed by atoms with Gasteiger partial charge in [0.2, 0.25) is 0 Å². The van der Waals surface area contributed by atoms with Crippen LogP contribution >= 0.6 is 0 Å². The molecule has 0 radical (unpaired) electrons. The lowest BCUT2D eigenvalue weighted by atomic mass is 9.84. The summed E-state index contributed by atoms with van der Waals surface area (Å²) in [6.07, 6.45) is 6.56. The van der Waals surface area contributed by atoms with Gasteiger partial charge in [-0.25, -0.2) is 0 Å². The minimum Gasteiger partial charge on any atom is -0.355 e. The van der Waals surface area contributed by atoms with E-state index in [1.165, 1.54) is 69.4 Å². The number of hydrogen-bond donors (Lipinski definition) is 2. The van der Waals surface area contributed by atoms with Crippen LogP contribution in [0.1, 0.15) is 43.2 Å². The van der Waals surface area contributed by atoms with Crippen LogP contribution in [0.2, 0.25) is 0 Å². The number of likely N-dealkylation sites (tertiary alicyclic amines) is 2. The van der Waals surface area contributed by atoms with Crippen molar-refractivity contribution in [2.75, 3.05) is 46.8 Å². The molecule has 5 nitrogen and oxygen atoms in total. The van der Waals surface area contributed by atoms with E-state index >= 15 is 0 Å². The number of aryl methyl sites for hydroxylation is 1. The third-order valence-electron chi connectivity index (χ3n) is 6.46. The third-order valence-corrected chi connectivity index (χ3v) is 6.46. The predicted molar refractivity (Wildman–Crippen MR) is 114 cm³/mol. The first-order chi connectivity index (χ1) is 13.1. The van der Waals surface area contributed by atoms with Crippen molar-refractivity contribution in [1.29, 1.82) is 0 Å². The summed E-state index contributed by atoms with van der Waals surface area (Å²) in [5, 5.41) is 7.17. The van der Waals surface area contributed by atoms with E-state index in [0.29, 0.717) is 0 Å². The number of rotatable bonds is 5. The van der Waals surface area contributed by atoms with Gasteiger partial charge in [-0.2, -0.15) is 0 Å². The first kappa shape index (κ1) is 20.2. The second-order valence-electron chi connectivity index (χ2n) is 8.28. The smallest absolute Gasteiger partial charge is 0.191 e. The van der Waals surface area contributed by atoms with Crippen molar-refractivity contribution in [3.63, 3.8) is 0 Å². The van der Waals surface area contributed by atoms with E-state index in [9.17, 15) is 0 Å². The second kappa shape index (κ2) is 9.56. The summed E-state index contributed by atoms with van der Waals surface area (Å²) >= 11 is 0. The first-order valence-electron chi connectivity index (χ1n) is 10.6. The van der Waals surface area contributed by atoms with Gasteiger partial charge in [-0.3, -0.25) is 9.89 Å². The summed E-state index contributed by atoms with van der Waals surface area (Å²) < 4.78 is 0. The van der Waals surface area contributed by atoms with Gasteiger partial charge in [0.1, 0.15) is 0 Å². The molecule has 0 unspecified atom stereocenters. The number of aliphatic imine (C=N–C) groups is 1. The molecule has 0 aromatic heterocycles. The molecule has 2 N–H and O–H groups in total. The van der Waals surface area contributed by atoms with Gasteiger partial charge in [-0.05, 0) is 77.0 Å². The van der Waals surface area contributed by atoms with E-state index in [1.54, 1.807) is 0 Å². The van der Waals surface area contributed by atoms with Crippen molar-refractivity contribution >= 4 is 5.96 Å². The standard InChI is InChI=1S/C22H37N5/c1-19-9-5-6-10-20(19)17-24-21(23-2)25-18-22(11-15-26(3)16-12-22)27-13-7-4-8-14-27/h5-6,9-10H,4,7-8,11-18H2,1-3H3,(H2,23,24,25). The largest absolute Gasteiger partial charge is 0.355 e. The Bertz CT molecular complexity index is 613.